The van der Waals surface area contributed by atoms with E-state index in [0.29, 0.717) is 31.5 Å². The highest BCUT2D eigenvalue weighted by molar-refractivity contribution is 5.37. The molecule has 2 fully saturated rings. The lowest BCUT2D eigenvalue weighted by atomic mass is 9.79. The lowest BCUT2D eigenvalue weighted by Gasteiger charge is -2.43. The van der Waals surface area contributed by atoms with Gasteiger partial charge in [0, 0.05) is 37.4 Å². The Bertz CT molecular complexity index is 738. The second-order valence-corrected chi connectivity index (χ2v) is 7.30. The quantitative estimate of drug-likeness (QED) is 0.909. The van der Waals surface area contributed by atoms with Crippen LogP contribution in [-0.2, 0) is 4.74 Å². The van der Waals surface area contributed by atoms with Gasteiger partial charge < -0.3 is 19.5 Å². The fourth-order valence-electron chi connectivity index (χ4n) is 3.98. The van der Waals surface area contributed by atoms with E-state index in [1.807, 2.05) is 37.3 Å². The molecule has 2 aliphatic rings. The fraction of sp³-hybridized carbons (Fsp3) is 0.500. The molecule has 1 aromatic heterocycles. The van der Waals surface area contributed by atoms with Crippen molar-refractivity contribution in [3.63, 3.8) is 0 Å². The van der Waals surface area contributed by atoms with Gasteiger partial charge in [-0.3, -0.25) is 0 Å². The van der Waals surface area contributed by atoms with Crippen LogP contribution in [0.3, 0.4) is 0 Å². The summed E-state index contributed by atoms with van der Waals surface area (Å²) >= 11 is 0. The number of ether oxygens (including phenoxy) is 2. The summed E-state index contributed by atoms with van der Waals surface area (Å²) in [7, 11) is 0. The molecular weight excluding hydrogens is 330 g/mol. The van der Waals surface area contributed by atoms with Gasteiger partial charge in [-0.25, -0.2) is 4.98 Å². The van der Waals surface area contributed by atoms with E-state index < -0.39 is 5.60 Å². The first-order chi connectivity index (χ1) is 12.6. The van der Waals surface area contributed by atoms with Gasteiger partial charge in [0.2, 0.25) is 11.8 Å². The van der Waals surface area contributed by atoms with Crippen LogP contribution in [0.15, 0.2) is 42.6 Å². The van der Waals surface area contributed by atoms with Gasteiger partial charge in [-0.05, 0) is 38.3 Å². The summed E-state index contributed by atoms with van der Waals surface area (Å²) < 4.78 is 11.5. The van der Waals surface area contributed by atoms with E-state index in [9.17, 15) is 5.11 Å². The first-order valence-electron chi connectivity index (χ1n) is 9.26. The maximum absolute atomic E-state index is 10.8. The van der Waals surface area contributed by atoms with Crippen molar-refractivity contribution in [2.75, 3.05) is 24.7 Å². The zero-order chi connectivity index (χ0) is 18.0. The summed E-state index contributed by atoms with van der Waals surface area (Å²) in [6, 6.07) is 11.6. The highest BCUT2D eigenvalue weighted by Crippen LogP contribution is 2.37. The molecule has 138 valence electrons. The van der Waals surface area contributed by atoms with Crippen molar-refractivity contribution >= 4 is 5.95 Å². The minimum absolute atomic E-state index is 0.0565. The Morgan fingerprint density at radius 2 is 2.12 bits per heavy atom. The van der Waals surface area contributed by atoms with Crippen molar-refractivity contribution in [2.24, 2.45) is 5.92 Å². The molecule has 26 heavy (non-hydrogen) atoms. The molecule has 0 amide bonds. The molecule has 2 aromatic rings. The van der Waals surface area contributed by atoms with Gasteiger partial charge in [-0.2, -0.15) is 4.98 Å². The van der Waals surface area contributed by atoms with Crippen LogP contribution in [-0.4, -0.2) is 46.5 Å². The van der Waals surface area contributed by atoms with Crippen LogP contribution in [0.1, 0.15) is 26.2 Å². The zero-order valence-electron chi connectivity index (χ0n) is 15.0. The average Bonchev–Trinajstić information content (AvgIpc) is 3.12. The predicted octanol–water partition coefficient (Wildman–Crippen LogP) is 3.03. The van der Waals surface area contributed by atoms with Gasteiger partial charge in [0.05, 0.1) is 12.2 Å². The number of para-hydroxylation sites is 1. The SMILES string of the molecule is C[C@]1(O)CCOC[C@@H]1[C@@H]1CCCN1c1nccc(Oc2ccccc2)n1. The van der Waals surface area contributed by atoms with Crippen molar-refractivity contribution in [3.05, 3.63) is 42.6 Å². The third-order valence-corrected chi connectivity index (χ3v) is 5.45. The highest BCUT2D eigenvalue weighted by Gasteiger charge is 2.44. The molecule has 3 atom stereocenters. The molecule has 6 nitrogen and oxygen atoms in total. The van der Waals surface area contributed by atoms with Crippen LogP contribution in [0.2, 0.25) is 0 Å². The molecular formula is C20H25N3O3. The van der Waals surface area contributed by atoms with Crippen molar-refractivity contribution in [2.45, 2.75) is 37.8 Å². The number of rotatable bonds is 4. The molecule has 6 heteroatoms. The Hall–Kier alpha value is -2.18. The van der Waals surface area contributed by atoms with Gasteiger partial charge in [0.25, 0.3) is 0 Å². The number of hydrogen-bond acceptors (Lipinski definition) is 6. The normalized spacial score (nSPS) is 28.9. The van der Waals surface area contributed by atoms with Crippen LogP contribution in [0.4, 0.5) is 5.95 Å². The average molecular weight is 355 g/mol. The molecule has 0 radical (unpaired) electrons. The molecule has 2 aliphatic heterocycles. The number of benzene rings is 1. The number of aromatic nitrogens is 2. The number of hydrogen-bond donors (Lipinski definition) is 1. The number of nitrogens with zero attached hydrogens (tertiary/aromatic N) is 3. The molecule has 1 N–H and O–H groups in total. The van der Waals surface area contributed by atoms with Gasteiger partial charge in [0.1, 0.15) is 5.75 Å². The van der Waals surface area contributed by atoms with E-state index in [2.05, 4.69) is 14.9 Å². The minimum atomic E-state index is -0.719. The third-order valence-electron chi connectivity index (χ3n) is 5.45. The van der Waals surface area contributed by atoms with Crippen LogP contribution in [0.25, 0.3) is 0 Å². The molecule has 0 saturated carbocycles. The number of anilines is 1. The molecule has 0 aliphatic carbocycles. The first kappa shape index (κ1) is 17.2. The maximum Gasteiger partial charge on any atom is 0.228 e. The van der Waals surface area contributed by atoms with Crippen LogP contribution >= 0.6 is 0 Å². The summed E-state index contributed by atoms with van der Waals surface area (Å²) in [5.74, 6) is 1.99. The first-order valence-corrected chi connectivity index (χ1v) is 9.26. The molecule has 3 heterocycles. The molecule has 4 rings (SSSR count). The lowest BCUT2D eigenvalue weighted by molar-refractivity contribution is -0.108. The smallest absolute Gasteiger partial charge is 0.228 e. The highest BCUT2D eigenvalue weighted by atomic mass is 16.5. The van der Waals surface area contributed by atoms with Gasteiger partial charge in [0.15, 0.2) is 0 Å². The topological polar surface area (TPSA) is 67.7 Å². The van der Waals surface area contributed by atoms with E-state index in [-0.39, 0.29) is 12.0 Å². The summed E-state index contributed by atoms with van der Waals surface area (Å²) in [6.45, 7) is 4.00. The number of aliphatic hydroxyl groups is 1. The Labute approximate surface area is 153 Å². The molecule has 2 saturated heterocycles. The van der Waals surface area contributed by atoms with E-state index >= 15 is 0 Å². The maximum atomic E-state index is 10.8. The predicted molar refractivity (Wildman–Crippen MR) is 98.5 cm³/mol. The van der Waals surface area contributed by atoms with Crippen molar-refractivity contribution < 1.29 is 14.6 Å². The fourth-order valence-corrected chi connectivity index (χ4v) is 3.98. The Kier molecular flexibility index (Phi) is 4.78. The van der Waals surface area contributed by atoms with E-state index in [4.69, 9.17) is 9.47 Å². The summed E-state index contributed by atoms with van der Waals surface area (Å²) in [5.41, 5.74) is -0.719. The molecule has 0 unspecified atom stereocenters. The Morgan fingerprint density at radius 3 is 2.92 bits per heavy atom. The summed E-state index contributed by atoms with van der Waals surface area (Å²) in [4.78, 5) is 11.3. The van der Waals surface area contributed by atoms with Crippen LogP contribution in [0, 0.1) is 5.92 Å². The molecule has 0 bridgehead atoms. The lowest BCUT2D eigenvalue weighted by Crippen LogP contribution is -2.52. The van der Waals surface area contributed by atoms with E-state index in [0.717, 1.165) is 25.1 Å². The summed E-state index contributed by atoms with van der Waals surface area (Å²) in [5, 5.41) is 10.8. The summed E-state index contributed by atoms with van der Waals surface area (Å²) in [6.07, 6.45) is 4.47. The van der Waals surface area contributed by atoms with Crippen molar-refractivity contribution in [1.29, 1.82) is 0 Å². The molecule has 0 spiro atoms. The van der Waals surface area contributed by atoms with Gasteiger partial charge >= 0.3 is 0 Å². The van der Waals surface area contributed by atoms with E-state index in [1.54, 1.807) is 12.3 Å². The largest absolute Gasteiger partial charge is 0.439 e. The van der Waals surface area contributed by atoms with Gasteiger partial charge in [-0.1, -0.05) is 18.2 Å². The van der Waals surface area contributed by atoms with Crippen molar-refractivity contribution in [1.82, 2.24) is 9.97 Å². The standard InChI is InChI=1S/C20H25N3O3/c1-20(24)10-13-25-14-16(20)17-8-5-12-23(17)19-21-11-9-18(22-19)26-15-6-3-2-4-7-15/h2-4,6-7,9,11,16-17,24H,5,8,10,12-14H2,1H3/t16-,17+,20+/m1/s1. The van der Waals surface area contributed by atoms with Crippen molar-refractivity contribution in [3.8, 4) is 11.6 Å². The second-order valence-electron chi connectivity index (χ2n) is 7.30. The van der Waals surface area contributed by atoms with Gasteiger partial charge in [-0.15, -0.1) is 0 Å². The van der Waals surface area contributed by atoms with E-state index in [1.165, 1.54) is 0 Å². The minimum Gasteiger partial charge on any atom is -0.439 e. The molecule has 1 aromatic carbocycles. The second kappa shape index (κ2) is 7.21. The van der Waals surface area contributed by atoms with Crippen LogP contribution < -0.4 is 9.64 Å². The van der Waals surface area contributed by atoms with Crippen LogP contribution in [0.5, 0.6) is 11.6 Å². The zero-order valence-corrected chi connectivity index (χ0v) is 15.0. The Morgan fingerprint density at radius 1 is 1.27 bits per heavy atom. The Balaban J connectivity index is 1.55. The monoisotopic (exact) mass is 355 g/mol. The third kappa shape index (κ3) is 3.52.